The van der Waals surface area contributed by atoms with Gasteiger partial charge in [-0.15, -0.1) is 0 Å². The van der Waals surface area contributed by atoms with Crippen LogP contribution in [0.3, 0.4) is 0 Å². The normalized spacial score (nSPS) is 10.2. The number of carbonyl (C=O) groups excluding carboxylic acids is 2. The Morgan fingerprint density at radius 1 is 0.933 bits per heavy atom. The Morgan fingerprint density at radius 3 is 2.20 bits per heavy atom. The third-order valence-electron chi connectivity index (χ3n) is 4.50. The number of para-hydroxylation sites is 1. The van der Waals surface area contributed by atoms with Crippen LogP contribution < -0.4 is 15.5 Å². The number of nitrogens with zero attached hydrogens (tertiary/aromatic N) is 1. The van der Waals surface area contributed by atoms with Gasteiger partial charge in [0, 0.05) is 33.1 Å². The second-order valence-electron chi connectivity index (χ2n) is 6.65. The summed E-state index contributed by atoms with van der Waals surface area (Å²) in [5.74, 6) is -0.390. The van der Waals surface area contributed by atoms with Gasteiger partial charge in [-0.25, -0.2) is 0 Å². The molecule has 0 bridgehead atoms. The van der Waals surface area contributed by atoms with Gasteiger partial charge in [-0.2, -0.15) is 0 Å². The van der Waals surface area contributed by atoms with Gasteiger partial charge in [0.1, 0.15) is 0 Å². The molecule has 3 rings (SSSR count). The molecule has 2 amide bonds. The average molecular weight is 529 g/mol. The van der Waals surface area contributed by atoms with Gasteiger partial charge in [0.05, 0.1) is 0 Å². The van der Waals surface area contributed by atoms with Crippen LogP contribution in [0.2, 0.25) is 0 Å². The van der Waals surface area contributed by atoms with Crippen molar-refractivity contribution in [1.29, 1.82) is 0 Å². The van der Waals surface area contributed by atoms with Crippen molar-refractivity contribution in [2.75, 3.05) is 17.3 Å². The van der Waals surface area contributed by atoms with Crippen molar-refractivity contribution in [2.24, 2.45) is 0 Å². The van der Waals surface area contributed by atoms with E-state index in [4.69, 9.17) is 12.2 Å². The van der Waals surface area contributed by atoms with E-state index in [9.17, 15) is 9.59 Å². The fourth-order valence-corrected chi connectivity index (χ4v) is 3.46. The molecule has 0 aliphatic heterocycles. The van der Waals surface area contributed by atoms with Crippen LogP contribution in [0.5, 0.6) is 0 Å². The van der Waals surface area contributed by atoms with Crippen LogP contribution in [0.25, 0.3) is 0 Å². The van der Waals surface area contributed by atoms with E-state index in [2.05, 4.69) is 33.2 Å². The minimum Gasteiger partial charge on any atom is -0.332 e. The number of aryl methyl sites for hydroxylation is 1. The number of carbonyl (C=O) groups is 2. The molecule has 3 aromatic rings. The number of hydrogen-bond donors (Lipinski definition) is 2. The monoisotopic (exact) mass is 529 g/mol. The van der Waals surface area contributed by atoms with Crippen LogP contribution in [-0.2, 0) is 0 Å². The van der Waals surface area contributed by atoms with Crippen LogP contribution in [0.15, 0.2) is 72.8 Å². The highest BCUT2D eigenvalue weighted by Gasteiger charge is 2.14. The molecule has 30 heavy (non-hydrogen) atoms. The number of thiocarbonyl (C=S) groups is 1. The second-order valence-corrected chi connectivity index (χ2v) is 8.22. The van der Waals surface area contributed by atoms with Crippen LogP contribution in [0.1, 0.15) is 26.3 Å². The van der Waals surface area contributed by atoms with E-state index in [1.807, 2.05) is 49.4 Å². The Balaban J connectivity index is 1.61. The Kier molecular flexibility index (Phi) is 7.17. The lowest BCUT2D eigenvalue weighted by Crippen LogP contribution is -2.34. The highest BCUT2D eigenvalue weighted by atomic mass is 127. The predicted octanol–water partition coefficient (Wildman–Crippen LogP) is 5.00. The minimum absolute atomic E-state index is 0.113. The number of amides is 2. The molecule has 0 aliphatic carbocycles. The Morgan fingerprint density at radius 2 is 1.57 bits per heavy atom. The molecule has 0 fully saturated rings. The fourth-order valence-electron chi connectivity index (χ4n) is 2.73. The molecular formula is C23H20IN3O2S. The van der Waals surface area contributed by atoms with Crippen molar-refractivity contribution in [3.05, 3.63) is 93.1 Å². The first-order valence-corrected chi connectivity index (χ1v) is 10.7. The minimum atomic E-state index is -0.276. The maximum Gasteiger partial charge on any atom is 0.258 e. The molecule has 3 aromatic carbocycles. The van der Waals surface area contributed by atoms with Crippen molar-refractivity contribution >= 4 is 63.1 Å². The maximum absolute atomic E-state index is 12.7. The third kappa shape index (κ3) is 5.43. The molecule has 2 N–H and O–H groups in total. The van der Waals surface area contributed by atoms with E-state index in [0.717, 1.165) is 14.8 Å². The van der Waals surface area contributed by atoms with Crippen LogP contribution in [-0.4, -0.2) is 24.0 Å². The SMILES string of the molecule is Cc1ccc(C(=O)NC(=S)Nc2ccc(C(=O)N(C)c3ccccc3)cc2)cc1I. The van der Waals surface area contributed by atoms with E-state index >= 15 is 0 Å². The van der Waals surface area contributed by atoms with Gasteiger partial charge in [-0.05, 0) is 95.8 Å². The molecule has 0 aromatic heterocycles. The number of hydrogen-bond acceptors (Lipinski definition) is 3. The summed E-state index contributed by atoms with van der Waals surface area (Å²) in [6.45, 7) is 1.99. The summed E-state index contributed by atoms with van der Waals surface area (Å²) in [7, 11) is 1.74. The number of anilines is 2. The van der Waals surface area contributed by atoms with Gasteiger partial charge in [-0.1, -0.05) is 24.3 Å². The van der Waals surface area contributed by atoms with Crippen molar-refractivity contribution in [3.63, 3.8) is 0 Å². The lowest BCUT2D eigenvalue weighted by molar-refractivity contribution is 0.0974. The molecular weight excluding hydrogens is 509 g/mol. The zero-order valence-corrected chi connectivity index (χ0v) is 19.5. The van der Waals surface area contributed by atoms with Gasteiger partial charge < -0.3 is 10.2 Å². The van der Waals surface area contributed by atoms with E-state index in [1.165, 1.54) is 0 Å². The van der Waals surface area contributed by atoms with E-state index < -0.39 is 0 Å². The summed E-state index contributed by atoms with van der Waals surface area (Å²) in [5.41, 5.74) is 3.70. The standard InChI is InChI=1S/C23H20IN3O2S/c1-15-8-9-17(14-20(15)24)21(28)26-23(30)25-18-12-10-16(11-13-18)22(29)27(2)19-6-4-3-5-7-19/h3-14H,1-2H3,(H2,25,26,28,30). The van der Waals surface area contributed by atoms with Crippen LogP contribution in [0, 0.1) is 10.5 Å². The molecule has 0 radical (unpaired) electrons. The van der Waals surface area contributed by atoms with Gasteiger partial charge in [0.25, 0.3) is 11.8 Å². The highest BCUT2D eigenvalue weighted by Crippen LogP contribution is 2.17. The summed E-state index contributed by atoms with van der Waals surface area (Å²) in [5, 5.41) is 5.83. The Labute approximate surface area is 194 Å². The number of rotatable bonds is 4. The smallest absolute Gasteiger partial charge is 0.258 e. The fraction of sp³-hybridized carbons (Fsp3) is 0.0870. The lowest BCUT2D eigenvalue weighted by atomic mass is 10.1. The number of nitrogens with one attached hydrogen (secondary N) is 2. The summed E-state index contributed by atoms with van der Waals surface area (Å²) >= 11 is 7.43. The molecule has 7 heteroatoms. The number of benzene rings is 3. The van der Waals surface area contributed by atoms with Gasteiger partial charge >= 0.3 is 0 Å². The zero-order valence-electron chi connectivity index (χ0n) is 16.5. The highest BCUT2D eigenvalue weighted by molar-refractivity contribution is 14.1. The first kappa shape index (κ1) is 21.9. The topological polar surface area (TPSA) is 61.4 Å². The first-order chi connectivity index (χ1) is 14.3. The average Bonchev–Trinajstić information content (AvgIpc) is 2.75. The van der Waals surface area contributed by atoms with Crippen LogP contribution >= 0.6 is 34.8 Å². The van der Waals surface area contributed by atoms with Crippen molar-refractivity contribution in [1.82, 2.24) is 5.32 Å². The third-order valence-corrected chi connectivity index (χ3v) is 5.87. The molecule has 0 unspecified atom stereocenters. The van der Waals surface area contributed by atoms with Gasteiger partial charge in [-0.3, -0.25) is 14.9 Å². The molecule has 0 saturated carbocycles. The second kappa shape index (κ2) is 9.82. The van der Waals surface area contributed by atoms with Crippen LogP contribution in [0.4, 0.5) is 11.4 Å². The van der Waals surface area contributed by atoms with Gasteiger partial charge in [0.15, 0.2) is 5.11 Å². The van der Waals surface area contributed by atoms with Crippen molar-refractivity contribution in [3.8, 4) is 0 Å². The summed E-state index contributed by atoms with van der Waals surface area (Å²) < 4.78 is 1.01. The van der Waals surface area contributed by atoms with E-state index in [-0.39, 0.29) is 16.9 Å². The molecule has 0 atom stereocenters. The molecule has 0 saturated heterocycles. The summed E-state index contributed by atoms with van der Waals surface area (Å²) in [4.78, 5) is 26.6. The molecule has 0 spiro atoms. The molecule has 0 heterocycles. The quantitative estimate of drug-likeness (QED) is 0.369. The zero-order chi connectivity index (χ0) is 21.7. The first-order valence-electron chi connectivity index (χ1n) is 9.17. The van der Waals surface area contributed by atoms with E-state index in [1.54, 1.807) is 42.3 Å². The predicted molar refractivity (Wildman–Crippen MR) is 133 cm³/mol. The number of halogens is 1. The van der Waals surface area contributed by atoms with Crippen molar-refractivity contribution < 1.29 is 9.59 Å². The van der Waals surface area contributed by atoms with Crippen molar-refractivity contribution in [2.45, 2.75) is 6.92 Å². The maximum atomic E-state index is 12.7. The Bertz CT molecular complexity index is 1090. The molecule has 5 nitrogen and oxygen atoms in total. The molecule has 152 valence electrons. The largest absolute Gasteiger partial charge is 0.332 e. The molecule has 0 aliphatic rings. The summed E-state index contributed by atoms with van der Waals surface area (Å²) in [6.07, 6.45) is 0. The lowest BCUT2D eigenvalue weighted by Gasteiger charge is -2.17. The van der Waals surface area contributed by atoms with Gasteiger partial charge in [0.2, 0.25) is 0 Å². The Hall–Kier alpha value is -2.78. The summed E-state index contributed by atoms with van der Waals surface area (Å²) in [6, 6.07) is 21.9. The van der Waals surface area contributed by atoms with E-state index in [0.29, 0.717) is 16.8 Å².